The zero-order chi connectivity index (χ0) is 13.7. The van der Waals surface area contributed by atoms with Gasteiger partial charge in [-0.05, 0) is 54.2 Å². The monoisotopic (exact) mass is 328 g/mol. The molecule has 0 spiro atoms. The molecule has 6 heteroatoms. The van der Waals surface area contributed by atoms with Gasteiger partial charge in [0, 0.05) is 13.1 Å². The summed E-state index contributed by atoms with van der Waals surface area (Å²) in [5, 5.41) is 3.43. The number of anilines is 1. The van der Waals surface area contributed by atoms with Gasteiger partial charge in [-0.25, -0.2) is 4.98 Å². The molecule has 0 radical (unpaired) electrons. The minimum atomic E-state index is -0.118. The first-order valence-corrected chi connectivity index (χ1v) is 7.70. The van der Waals surface area contributed by atoms with Gasteiger partial charge in [0.2, 0.25) is 0 Å². The normalized spacial score (nSPS) is 19.4. The highest BCUT2D eigenvalue weighted by atomic mass is 79.9. The fraction of sp³-hybridized carbons (Fsp3) is 0.692. The van der Waals surface area contributed by atoms with E-state index in [0.29, 0.717) is 10.4 Å². The number of piperidine rings is 1. The highest BCUT2D eigenvalue weighted by molar-refractivity contribution is 9.10. The molecule has 0 bridgehead atoms. The minimum Gasteiger partial charge on any atom is -0.355 e. The Kier molecular flexibility index (Phi) is 5.39. The number of hydrogen-bond acceptors (Lipinski definition) is 4. The molecule has 1 aliphatic rings. The van der Waals surface area contributed by atoms with Crippen molar-refractivity contribution in [1.29, 1.82) is 0 Å². The van der Waals surface area contributed by atoms with Crippen molar-refractivity contribution in [1.82, 2.24) is 15.3 Å². The summed E-state index contributed by atoms with van der Waals surface area (Å²) in [6.07, 6.45) is 4.99. The van der Waals surface area contributed by atoms with Crippen LogP contribution < -0.4 is 15.8 Å². The molecule has 1 aliphatic heterocycles. The Balaban J connectivity index is 2.14. The third kappa shape index (κ3) is 3.79. The first-order valence-electron chi connectivity index (χ1n) is 6.91. The Bertz CT molecular complexity index is 456. The van der Waals surface area contributed by atoms with Crippen LogP contribution in [0.1, 0.15) is 26.2 Å². The van der Waals surface area contributed by atoms with Crippen molar-refractivity contribution in [3.63, 3.8) is 0 Å². The minimum absolute atomic E-state index is 0.118. The van der Waals surface area contributed by atoms with Gasteiger partial charge in [-0.1, -0.05) is 6.92 Å². The van der Waals surface area contributed by atoms with Crippen LogP contribution in [-0.2, 0) is 0 Å². The van der Waals surface area contributed by atoms with E-state index >= 15 is 0 Å². The van der Waals surface area contributed by atoms with Gasteiger partial charge >= 0.3 is 0 Å². The van der Waals surface area contributed by atoms with E-state index in [4.69, 9.17) is 0 Å². The molecule has 2 heterocycles. The first kappa shape index (κ1) is 14.5. The fourth-order valence-corrected chi connectivity index (χ4v) is 3.01. The number of nitrogens with zero attached hydrogens (tertiary/aromatic N) is 2. The van der Waals surface area contributed by atoms with Crippen LogP contribution in [0.4, 0.5) is 5.82 Å². The lowest BCUT2D eigenvalue weighted by Gasteiger charge is -2.31. The lowest BCUT2D eigenvalue weighted by Crippen LogP contribution is -2.39. The van der Waals surface area contributed by atoms with Crippen molar-refractivity contribution in [2.24, 2.45) is 5.92 Å². The highest BCUT2D eigenvalue weighted by Crippen LogP contribution is 2.22. The molecule has 1 aromatic heterocycles. The van der Waals surface area contributed by atoms with E-state index in [2.05, 4.69) is 43.0 Å². The molecule has 0 aromatic carbocycles. The van der Waals surface area contributed by atoms with Gasteiger partial charge in [0.1, 0.15) is 10.3 Å². The number of halogens is 1. The van der Waals surface area contributed by atoms with Crippen molar-refractivity contribution >= 4 is 21.7 Å². The van der Waals surface area contributed by atoms with Crippen LogP contribution in [-0.4, -0.2) is 36.1 Å². The largest absolute Gasteiger partial charge is 0.355 e. The molecule has 1 unspecified atom stereocenters. The second-order valence-corrected chi connectivity index (χ2v) is 5.82. The van der Waals surface area contributed by atoms with Crippen molar-refractivity contribution in [3.8, 4) is 0 Å². The molecule has 1 atom stereocenters. The Labute approximate surface area is 121 Å². The summed E-state index contributed by atoms with van der Waals surface area (Å²) >= 11 is 3.35. The third-order valence-corrected chi connectivity index (χ3v) is 4.16. The topological polar surface area (TPSA) is 61.0 Å². The van der Waals surface area contributed by atoms with Gasteiger partial charge in [-0.2, -0.15) is 0 Å². The third-order valence-electron chi connectivity index (χ3n) is 3.45. The number of aromatic amines is 1. The van der Waals surface area contributed by atoms with E-state index in [0.717, 1.165) is 38.4 Å². The molecule has 0 saturated carbocycles. The van der Waals surface area contributed by atoms with Gasteiger partial charge in [0.25, 0.3) is 5.56 Å². The SMILES string of the molecule is CCCN(CC1CCCNC1)c1nc[nH]c(=O)c1Br. The smallest absolute Gasteiger partial charge is 0.267 e. The predicted octanol–water partition coefficient (Wildman–Crippen LogP) is 1.75. The van der Waals surface area contributed by atoms with Crippen LogP contribution in [0, 0.1) is 5.92 Å². The van der Waals surface area contributed by atoms with E-state index in [1.807, 2.05) is 0 Å². The summed E-state index contributed by atoms with van der Waals surface area (Å²) in [6, 6.07) is 0. The summed E-state index contributed by atoms with van der Waals surface area (Å²) in [5.74, 6) is 1.39. The molecule has 2 N–H and O–H groups in total. The van der Waals surface area contributed by atoms with E-state index < -0.39 is 0 Å². The van der Waals surface area contributed by atoms with Gasteiger partial charge in [-0.15, -0.1) is 0 Å². The molecule has 0 amide bonds. The van der Waals surface area contributed by atoms with E-state index in [9.17, 15) is 4.79 Å². The summed E-state index contributed by atoms with van der Waals surface area (Å²) in [5.41, 5.74) is -0.118. The Morgan fingerprint density at radius 2 is 2.42 bits per heavy atom. The molecule has 1 saturated heterocycles. The maximum absolute atomic E-state index is 11.7. The molecule has 106 valence electrons. The van der Waals surface area contributed by atoms with Gasteiger partial charge in [0.05, 0.1) is 6.33 Å². The lowest BCUT2D eigenvalue weighted by molar-refractivity contribution is 0.376. The Hall–Kier alpha value is -0.880. The predicted molar refractivity (Wildman–Crippen MR) is 80.7 cm³/mol. The molecular formula is C13H21BrN4O. The van der Waals surface area contributed by atoms with Crippen LogP contribution in [0.2, 0.25) is 0 Å². The standard InChI is InChI=1S/C13H21BrN4O/c1-2-6-18(8-10-4-3-5-15-7-10)12-11(14)13(19)17-9-16-12/h9-10,15H,2-8H2,1H3,(H,16,17,19). The number of rotatable bonds is 5. The molecule has 1 aromatic rings. The summed E-state index contributed by atoms with van der Waals surface area (Å²) < 4.78 is 0.534. The molecule has 0 aliphatic carbocycles. The van der Waals surface area contributed by atoms with Crippen LogP contribution in [0.3, 0.4) is 0 Å². The number of H-pyrrole nitrogens is 1. The molecular weight excluding hydrogens is 308 g/mol. The quantitative estimate of drug-likeness (QED) is 0.864. The zero-order valence-electron chi connectivity index (χ0n) is 11.3. The van der Waals surface area contributed by atoms with Crippen LogP contribution in [0.15, 0.2) is 15.6 Å². The van der Waals surface area contributed by atoms with Gasteiger partial charge in [-0.3, -0.25) is 4.79 Å². The van der Waals surface area contributed by atoms with Crippen molar-refractivity contribution in [3.05, 3.63) is 21.2 Å². The zero-order valence-corrected chi connectivity index (χ0v) is 12.9. The second-order valence-electron chi connectivity index (χ2n) is 5.03. The van der Waals surface area contributed by atoms with Crippen LogP contribution in [0.25, 0.3) is 0 Å². The maximum atomic E-state index is 11.7. The van der Waals surface area contributed by atoms with Crippen molar-refractivity contribution in [2.45, 2.75) is 26.2 Å². The number of aromatic nitrogens is 2. The average molecular weight is 329 g/mol. The number of nitrogens with one attached hydrogen (secondary N) is 2. The summed E-state index contributed by atoms with van der Waals surface area (Å²) in [6.45, 7) is 6.20. The molecule has 2 rings (SSSR count). The van der Waals surface area contributed by atoms with Crippen molar-refractivity contribution in [2.75, 3.05) is 31.1 Å². The Morgan fingerprint density at radius 1 is 1.58 bits per heavy atom. The van der Waals surface area contributed by atoms with E-state index in [-0.39, 0.29) is 5.56 Å². The molecule has 5 nitrogen and oxygen atoms in total. The molecule has 19 heavy (non-hydrogen) atoms. The van der Waals surface area contributed by atoms with E-state index in [1.54, 1.807) is 0 Å². The summed E-state index contributed by atoms with van der Waals surface area (Å²) in [7, 11) is 0. The average Bonchev–Trinajstić information content (AvgIpc) is 2.43. The van der Waals surface area contributed by atoms with Gasteiger partial charge in [0.15, 0.2) is 0 Å². The fourth-order valence-electron chi connectivity index (χ4n) is 2.54. The van der Waals surface area contributed by atoms with Crippen molar-refractivity contribution < 1.29 is 0 Å². The highest BCUT2D eigenvalue weighted by Gasteiger charge is 2.20. The lowest BCUT2D eigenvalue weighted by atomic mass is 9.99. The first-order chi connectivity index (χ1) is 9.22. The summed E-state index contributed by atoms with van der Waals surface area (Å²) in [4.78, 5) is 20.8. The van der Waals surface area contributed by atoms with Crippen LogP contribution >= 0.6 is 15.9 Å². The van der Waals surface area contributed by atoms with Gasteiger partial charge < -0.3 is 15.2 Å². The maximum Gasteiger partial charge on any atom is 0.267 e. The van der Waals surface area contributed by atoms with E-state index in [1.165, 1.54) is 19.2 Å². The molecule has 1 fully saturated rings. The van der Waals surface area contributed by atoms with Crippen LogP contribution in [0.5, 0.6) is 0 Å². The second kappa shape index (κ2) is 7.05. The Morgan fingerprint density at radius 3 is 3.11 bits per heavy atom. The number of hydrogen-bond donors (Lipinski definition) is 2.